The standard InChI is InChI=1S/C31H52O4/c1-19(2)9-8-10-20(3)24-13-14-25-23-11-12-27-29(35-22(5)33)28(34-21(4)32)16-18-31(27,7)26(23)15-17-30(24,25)6/h19-20,23-29H,8-18H2,1-7H3/t20-,23?,24?,25?,26?,27+,28?,29+,30?,31?/m1/s1. The van der Waals surface area contributed by atoms with Gasteiger partial charge < -0.3 is 9.47 Å². The van der Waals surface area contributed by atoms with E-state index < -0.39 is 0 Å². The van der Waals surface area contributed by atoms with Gasteiger partial charge in [-0.25, -0.2) is 0 Å². The van der Waals surface area contributed by atoms with Gasteiger partial charge in [0, 0.05) is 19.8 Å². The van der Waals surface area contributed by atoms with E-state index in [-0.39, 0.29) is 29.6 Å². The third-order valence-electron chi connectivity index (χ3n) is 11.5. The summed E-state index contributed by atoms with van der Waals surface area (Å²) >= 11 is 0. The van der Waals surface area contributed by atoms with Crippen molar-refractivity contribution in [3.8, 4) is 0 Å². The zero-order valence-electron chi connectivity index (χ0n) is 23.6. The largest absolute Gasteiger partial charge is 0.459 e. The zero-order valence-corrected chi connectivity index (χ0v) is 23.6. The zero-order chi connectivity index (χ0) is 25.5. The summed E-state index contributed by atoms with van der Waals surface area (Å²) in [7, 11) is 0. The summed E-state index contributed by atoms with van der Waals surface area (Å²) < 4.78 is 11.6. The predicted molar refractivity (Wildman–Crippen MR) is 140 cm³/mol. The van der Waals surface area contributed by atoms with E-state index in [0.717, 1.165) is 48.9 Å². The third kappa shape index (κ3) is 5.06. The van der Waals surface area contributed by atoms with E-state index in [4.69, 9.17) is 9.47 Å². The topological polar surface area (TPSA) is 52.6 Å². The number of carbonyl (C=O) groups excluding carboxylic acids is 2. The fraction of sp³-hybridized carbons (Fsp3) is 0.935. The van der Waals surface area contributed by atoms with Crippen molar-refractivity contribution in [2.45, 2.75) is 131 Å². The van der Waals surface area contributed by atoms with Crippen LogP contribution >= 0.6 is 0 Å². The monoisotopic (exact) mass is 488 g/mol. The molecule has 0 N–H and O–H groups in total. The van der Waals surface area contributed by atoms with Gasteiger partial charge in [-0.3, -0.25) is 9.59 Å². The van der Waals surface area contributed by atoms with Crippen LogP contribution in [-0.4, -0.2) is 24.1 Å². The Balaban J connectivity index is 1.50. The summed E-state index contributed by atoms with van der Waals surface area (Å²) in [6, 6.07) is 0. The highest BCUT2D eigenvalue weighted by molar-refractivity contribution is 5.67. The molecule has 4 fully saturated rings. The van der Waals surface area contributed by atoms with Crippen LogP contribution in [0.4, 0.5) is 0 Å². The molecule has 10 atom stereocenters. The first-order chi connectivity index (χ1) is 16.5. The molecule has 35 heavy (non-hydrogen) atoms. The molecule has 7 unspecified atom stereocenters. The summed E-state index contributed by atoms with van der Waals surface area (Å²) in [6.45, 7) is 15.3. The molecule has 0 saturated heterocycles. The number of ether oxygens (including phenoxy) is 2. The molecule has 0 radical (unpaired) electrons. The molecule has 0 aromatic heterocycles. The molecule has 0 heterocycles. The van der Waals surface area contributed by atoms with Crippen LogP contribution in [0.3, 0.4) is 0 Å². The van der Waals surface area contributed by atoms with Gasteiger partial charge in [0.25, 0.3) is 0 Å². The summed E-state index contributed by atoms with van der Waals surface area (Å²) in [6.07, 6.45) is 13.2. The Hall–Kier alpha value is -1.06. The van der Waals surface area contributed by atoms with Crippen LogP contribution in [0.15, 0.2) is 0 Å². The van der Waals surface area contributed by atoms with E-state index in [1.54, 1.807) is 0 Å². The Morgan fingerprint density at radius 1 is 0.771 bits per heavy atom. The fourth-order valence-electron chi connectivity index (χ4n) is 9.99. The lowest BCUT2D eigenvalue weighted by Gasteiger charge is -2.62. The van der Waals surface area contributed by atoms with Gasteiger partial charge in [-0.1, -0.05) is 53.9 Å². The van der Waals surface area contributed by atoms with Crippen LogP contribution in [-0.2, 0) is 19.1 Å². The molecular formula is C31H52O4. The van der Waals surface area contributed by atoms with Crippen molar-refractivity contribution in [3.63, 3.8) is 0 Å². The molecule has 0 amide bonds. The number of hydrogen-bond acceptors (Lipinski definition) is 4. The van der Waals surface area contributed by atoms with Crippen LogP contribution in [0.5, 0.6) is 0 Å². The van der Waals surface area contributed by atoms with Crippen molar-refractivity contribution in [2.75, 3.05) is 0 Å². The van der Waals surface area contributed by atoms with E-state index in [1.807, 2.05) is 0 Å². The minimum absolute atomic E-state index is 0.169. The highest BCUT2D eigenvalue weighted by Crippen LogP contribution is 2.68. The van der Waals surface area contributed by atoms with E-state index in [9.17, 15) is 9.59 Å². The molecule has 4 aliphatic rings. The van der Waals surface area contributed by atoms with Crippen LogP contribution < -0.4 is 0 Å². The molecule has 0 aliphatic heterocycles. The van der Waals surface area contributed by atoms with Crippen molar-refractivity contribution in [3.05, 3.63) is 0 Å². The summed E-state index contributed by atoms with van der Waals surface area (Å²) in [4.78, 5) is 23.8. The smallest absolute Gasteiger partial charge is 0.303 e. The van der Waals surface area contributed by atoms with E-state index in [2.05, 4.69) is 34.6 Å². The minimum Gasteiger partial charge on any atom is -0.459 e. The van der Waals surface area contributed by atoms with Crippen molar-refractivity contribution >= 4 is 11.9 Å². The molecule has 4 aliphatic carbocycles. The van der Waals surface area contributed by atoms with Crippen LogP contribution in [0, 0.1) is 52.3 Å². The fourth-order valence-corrected chi connectivity index (χ4v) is 9.99. The second kappa shape index (κ2) is 10.4. The third-order valence-corrected chi connectivity index (χ3v) is 11.5. The average Bonchev–Trinajstić information content (AvgIpc) is 3.12. The van der Waals surface area contributed by atoms with Crippen LogP contribution in [0.2, 0.25) is 0 Å². The highest BCUT2D eigenvalue weighted by Gasteiger charge is 2.63. The second-order valence-electron chi connectivity index (χ2n) is 13.9. The molecule has 4 heteroatoms. The summed E-state index contributed by atoms with van der Waals surface area (Å²) in [5.74, 6) is 4.64. The van der Waals surface area contributed by atoms with Crippen molar-refractivity contribution < 1.29 is 19.1 Å². The molecule has 0 spiro atoms. The molecule has 4 saturated carbocycles. The Morgan fingerprint density at radius 2 is 1.40 bits per heavy atom. The summed E-state index contributed by atoms with van der Waals surface area (Å²) in [5.41, 5.74) is 0.661. The lowest BCUT2D eigenvalue weighted by atomic mass is 9.44. The van der Waals surface area contributed by atoms with Gasteiger partial charge >= 0.3 is 11.9 Å². The Labute approximate surface area is 214 Å². The molecule has 0 aromatic rings. The first kappa shape index (κ1) is 27.0. The first-order valence-electron chi connectivity index (χ1n) is 14.8. The first-order valence-corrected chi connectivity index (χ1v) is 14.8. The summed E-state index contributed by atoms with van der Waals surface area (Å²) in [5, 5.41) is 0. The quantitative estimate of drug-likeness (QED) is 0.347. The van der Waals surface area contributed by atoms with Gasteiger partial charge in [0.15, 0.2) is 0 Å². The van der Waals surface area contributed by atoms with Crippen molar-refractivity contribution in [1.29, 1.82) is 0 Å². The van der Waals surface area contributed by atoms with E-state index in [1.165, 1.54) is 65.2 Å². The highest BCUT2D eigenvalue weighted by atomic mass is 16.6. The van der Waals surface area contributed by atoms with Gasteiger partial charge in [0.2, 0.25) is 0 Å². The molecule has 4 rings (SSSR count). The normalized spacial score (nSPS) is 43.6. The SMILES string of the molecule is CC(=O)OC1CCC2(C)C3CCC4(C)C(CCC4[C@H](C)CCCC(C)C)C3CC[C@H]2[C@@H]1OC(C)=O. The Morgan fingerprint density at radius 3 is 2.06 bits per heavy atom. The second-order valence-corrected chi connectivity index (χ2v) is 13.9. The number of hydrogen-bond donors (Lipinski definition) is 0. The maximum atomic E-state index is 12.0. The maximum Gasteiger partial charge on any atom is 0.303 e. The van der Waals surface area contributed by atoms with Crippen molar-refractivity contribution in [1.82, 2.24) is 0 Å². The maximum absolute atomic E-state index is 12.0. The molecule has 0 bridgehead atoms. The number of rotatable bonds is 7. The van der Waals surface area contributed by atoms with Gasteiger partial charge in [0.05, 0.1) is 0 Å². The number of carbonyl (C=O) groups is 2. The van der Waals surface area contributed by atoms with E-state index in [0.29, 0.717) is 17.3 Å². The molecule has 200 valence electrons. The van der Waals surface area contributed by atoms with Crippen LogP contribution in [0.1, 0.15) is 119 Å². The van der Waals surface area contributed by atoms with Crippen molar-refractivity contribution in [2.24, 2.45) is 52.3 Å². The Kier molecular flexibility index (Phi) is 7.99. The molecule has 0 aromatic carbocycles. The Bertz CT molecular complexity index is 776. The lowest BCUT2D eigenvalue weighted by Crippen LogP contribution is -2.59. The number of esters is 2. The molecule has 4 nitrogen and oxygen atoms in total. The molecular weight excluding hydrogens is 436 g/mol. The van der Waals surface area contributed by atoms with Gasteiger partial charge in [-0.2, -0.15) is 0 Å². The van der Waals surface area contributed by atoms with Gasteiger partial charge in [-0.15, -0.1) is 0 Å². The minimum atomic E-state index is -0.290. The lowest BCUT2D eigenvalue weighted by molar-refractivity contribution is -0.205. The van der Waals surface area contributed by atoms with Gasteiger partial charge in [0.1, 0.15) is 12.2 Å². The van der Waals surface area contributed by atoms with Crippen LogP contribution in [0.25, 0.3) is 0 Å². The predicted octanol–water partition coefficient (Wildman–Crippen LogP) is 7.58. The van der Waals surface area contributed by atoms with E-state index >= 15 is 0 Å². The van der Waals surface area contributed by atoms with Gasteiger partial charge in [-0.05, 0) is 97.7 Å². The number of fused-ring (bicyclic) bond motifs is 5. The average molecular weight is 489 g/mol.